The largest absolute Gasteiger partial charge is 0.125 e. The van der Waals surface area contributed by atoms with Gasteiger partial charge < -0.3 is 0 Å². The van der Waals surface area contributed by atoms with Crippen molar-refractivity contribution in [2.75, 3.05) is 0 Å². The number of rotatable bonds is 1. The smallest absolute Gasteiger partial charge is 0.00861 e. The summed E-state index contributed by atoms with van der Waals surface area (Å²) in [5.41, 5.74) is 7.43. The summed E-state index contributed by atoms with van der Waals surface area (Å²) >= 11 is 0. The van der Waals surface area contributed by atoms with Gasteiger partial charge >= 0.3 is 0 Å². The van der Waals surface area contributed by atoms with Crippen molar-refractivity contribution in [3.05, 3.63) is 53.3 Å². The molecule has 0 bridgehead atoms. The lowest BCUT2D eigenvalue weighted by atomic mass is 9.82. The first-order valence-corrected chi connectivity index (χ1v) is 5.25. The Labute approximate surface area is 86.0 Å². The molecule has 1 unspecified atom stereocenters. The van der Waals surface area contributed by atoms with Crippen LogP contribution in [0.15, 0.2) is 53.3 Å². The van der Waals surface area contributed by atoms with Crippen LogP contribution in [0.4, 0.5) is 0 Å². The van der Waals surface area contributed by atoms with Crippen LogP contribution in [0.5, 0.6) is 0 Å². The summed E-state index contributed by atoms with van der Waals surface area (Å²) in [6, 6.07) is 0. The number of allylic oxidation sites excluding steroid dienone is 6. The summed E-state index contributed by atoms with van der Waals surface area (Å²) in [6.07, 6.45) is 12.2. The summed E-state index contributed by atoms with van der Waals surface area (Å²) in [6.45, 7) is 6.20. The normalized spacial score (nSPS) is 24.8. The number of hydrogen-bond acceptors (Lipinski definition) is 0. The van der Waals surface area contributed by atoms with E-state index in [0.717, 1.165) is 19.3 Å². The highest BCUT2D eigenvalue weighted by atomic mass is 14.2. The van der Waals surface area contributed by atoms with Gasteiger partial charge in [-0.1, -0.05) is 24.3 Å². The van der Waals surface area contributed by atoms with Crippen molar-refractivity contribution in [3.8, 4) is 0 Å². The summed E-state index contributed by atoms with van der Waals surface area (Å²) in [7, 11) is 0. The van der Waals surface area contributed by atoms with Crippen LogP contribution in [-0.4, -0.2) is 0 Å². The molecule has 0 aromatic rings. The Kier molecular flexibility index (Phi) is 2.56. The molecule has 0 amide bonds. The molecule has 0 heteroatoms. The predicted molar refractivity (Wildman–Crippen MR) is 61.0 cm³/mol. The highest BCUT2D eigenvalue weighted by molar-refractivity contribution is 5.42. The monoisotopic (exact) mass is 184 g/mol. The van der Waals surface area contributed by atoms with Crippen molar-refractivity contribution in [1.29, 1.82) is 0 Å². The van der Waals surface area contributed by atoms with Gasteiger partial charge in [-0.2, -0.15) is 0 Å². The van der Waals surface area contributed by atoms with Crippen LogP contribution >= 0.6 is 0 Å². The summed E-state index contributed by atoms with van der Waals surface area (Å²) in [5.74, 6) is 0.522. The molecule has 2 aliphatic carbocycles. The van der Waals surface area contributed by atoms with Gasteiger partial charge in [-0.05, 0) is 49.5 Å². The lowest BCUT2D eigenvalue weighted by Crippen LogP contribution is -2.08. The van der Waals surface area contributed by atoms with E-state index in [4.69, 9.17) is 0 Å². The first-order valence-electron chi connectivity index (χ1n) is 5.25. The van der Waals surface area contributed by atoms with Crippen molar-refractivity contribution >= 4 is 0 Å². The molecule has 0 N–H and O–H groups in total. The molecule has 0 aromatic carbocycles. The molecule has 0 fully saturated rings. The maximum atomic E-state index is 4.07. The zero-order valence-corrected chi connectivity index (χ0v) is 8.72. The quantitative estimate of drug-likeness (QED) is 0.427. The predicted octanol–water partition coefficient (Wildman–Crippen LogP) is 3.94. The Bertz CT molecular complexity index is 371. The van der Waals surface area contributed by atoms with Crippen molar-refractivity contribution in [1.82, 2.24) is 0 Å². The van der Waals surface area contributed by atoms with Crippen LogP contribution in [-0.2, 0) is 0 Å². The van der Waals surface area contributed by atoms with E-state index in [2.05, 4.69) is 43.5 Å². The van der Waals surface area contributed by atoms with Crippen molar-refractivity contribution < 1.29 is 0 Å². The highest BCUT2D eigenvalue weighted by Crippen LogP contribution is 2.33. The minimum Gasteiger partial charge on any atom is -0.125 e. The number of hydrogen-bond donors (Lipinski definition) is 0. The molecule has 0 nitrogen and oxygen atoms in total. The maximum absolute atomic E-state index is 4.07. The molecular weight excluding hydrogens is 168 g/mol. The van der Waals surface area contributed by atoms with E-state index in [1.165, 1.54) is 16.7 Å². The molecule has 0 radical (unpaired) electrons. The zero-order valence-electron chi connectivity index (χ0n) is 8.72. The third-order valence-corrected chi connectivity index (χ3v) is 2.95. The lowest BCUT2D eigenvalue weighted by molar-refractivity contribution is 0.720. The van der Waals surface area contributed by atoms with Gasteiger partial charge in [0.25, 0.3) is 0 Å². The Balaban J connectivity index is 2.42. The molecular formula is C14H16. The van der Waals surface area contributed by atoms with Crippen LogP contribution in [0.2, 0.25) is 0 Å². The molecule has 0 aromatic heterocycles. The summed E-state index contributed by atoms with van der Waals surface area (Å²) < 4.78 is 0. The second-order valence-electron chi connectivity index (χ2n) is 4.07. The van der Waals surface area contributed by atoms with Gasteiger partial charge in [-0.3, -0.25) is 0 Å². The SMILES string of the molecule is C=C(C)C1CC=CC2=C1C=C=CCC2. The first-order chi connectivity index (χ1) is 6.79. The third kappa shape index (κ3) is 1.66. The van der Waals surface area contributed by atoms with Crippen molar-refractivity contribution in [3.63, 3.8) is 0 Å². The van der Waals surface area contributed by atoms with E-state index < -0.39 is 0 Å². The molecule has 0 saturated heterocycles. The van der Waals surface area contributed by atoms with Gasteiger partial charge in [0.05, 0.1) is 0 Å². The van der Waals surface area contributed by atoms with Crippen LogP contribution in [0, 0.1) is 5.92 Å². The average molecular weight is 184 g/mol. The van der Waals surface area contributed by atoms with Crippen LogP contribution in [0.3, 0.4) is 0 Å². The molecule has 0 heterocycles. The minimum absolute atomic E-state index is 0.522. The Hall–Kier alpha value is -1.26. The van der Waals surface area contributed by atoms with Gasteiger partial charge in [-0.25, -0.2) is 0 Å². The average Bonchev–Trinajstić information content (AvgIpc) is 2.41. The van der Waals surface area contributed by atoms with E-state index in [9.17, 15) is 0 Å². The summed E-state index contributed by atoms with van der Waals surface area (Å²) in [4.78, 5) is 0. The zero-order chi connectivity index (χ0) is 9.97. The Morgan fingerprint density at radius 1 is 1.57 bits per heavy atom. The highest BCUT2D eigenvalue weighted by Gasteiger charge is 2.18. The van der Waals surface area contributed by atoms with Crippen LogP contribution in [0.25, 0.3) is 0 Å². The van der Waals surface area contributed by atoms with E-state index in [0.29, 0.717) is 5.92 Å². The molecule has 1 atom stereocenters. The molecule has 0 aliphatic heterocycles. The van der Waals surface area contributed by atoms with Gasteiger partial charge in [0.1, 0.15) is 0 Å². The van der Waals surface area contributed by atoms with Gasteiger partial charge in [0.15, 0.2) is 0 Å². The minimum atomic E-state index is 0.522. The van der Waals surface area contributed by atoms with Crippen molar-refractivity contribution in [2.24, 2.45) is 5.92 Å². The maximum Gasteiger partial charge on any atom is 0.00861 e. The van der Waals surface area contributed by atoms with Gasteiger partial charge in [0, 0.05) is 5.92 Å². The fourth-order valence-corrected chi connectivity index (χ4v) is 2.14. The topological polar surface area (TPSA) is 0 Å². The molecule has 2 rings (SSSR count). The molecule has 2 aliphatic rings. The Morgan fingerprint density at radius 3 is 3.21 bits per heavy atom. The molecule has 0 spiro atoms. The Morgan fingerprint density at radius 2 is 2.43 bits per heavy atom. The van der Waals surface area contributed by atoms with Crippen molar-refractivity contribution in [2.45, 2.75) is 26.2 Å². The molecule has 0 saturated carbocycles. The lowest BCUT2D eigenvalue weighted by Gasteiger charge is -2.22. The van der Waals surface area contributed by atoms with E-state index >= 15 is 0 Å². The van der Waals surface area contributed by atoms with Crippen LogP contribution in [0.1, 0.15) is 26.2 Å². The second kappa shape index (κ2) is 3.86. The van der Waals surface area contributed by atoms with E-state index in [1.807, 2.05) is 0 Å². The molecule has 14 heavy (non-hydrogen) atoms. The fourth-order valence-electron chi connectivity index (χ4n) is 2.14. The van der Waals surface area contributed by atoms with E-state index in [1.54, 1.807) is 0 Å². The first kappa shape index (κ1) is 9.30. The third-order valence-electron chi connectivity index (χ3n) is 2.95. The van der Waals surface area contributed by atoms with Crippen LogP contribution < -0.4 is 0 Å². The molecule has 72 valence electrons. The van der Waals surface area contributed by atoms with E-state index in [-0.39, 0.29) is 0 Å². The van der Waals surface area contributed by atoms with Gasteiger partial charge in [0.2, 0.25) is 0 Å². The summed E-state index contributed by atoms with van der Waals surface area (Å²) in [5, 5.41) is 0. The van der Waals surface area contributed by atoms with Gasteiger partial charge in [-0.15, -0.1) is 5.73 Å². The fraction of sp³-hybridized carbons (Fsp3) is 0.357. The second-order valence-corrected chi connectivity index (χ2v) is 4.07. The standard InChI is InChI=1S/C14H16/c1-11(2)13-10-6-8-12-7-4-3-5-9-14(12)13/h3,6,8-9,13H,1,4,7,10H2,2H3.